The van der Waals surface area contributed by atoms with E-state index in [1.165, 1.54) is 51.3 Å². The molecule has 9 nitrogen and oxygen atoms in total. The topological polar surface area (TPSA) is 151 Å². The van der Waals surface area contributed by atoms with Gasteiger partial charge in [0.1, 0.15) is 0 Å². The first-order valence-corrected chi connectivity index (χ1v) is 40.8. The minimum atomic E-state index is -2.16. The number of carbonyl (C=O) groups is 3. The van der Waals surface area contributed by atoms with Crippen molar-refractivity contribution in [1.29, 1.82) is 0 Å². The van der Waals surface area contributed by atoms with Crippen LogP contribution in [0.3, 0.4) is 0 Å². The number of hydrogen-bond donors (Lipinski definition) is 3. The maximum atomic E-state index is 13.9. The van der Waals surface area contributed by atoms with Crippen LogP contribution in [0.1, 0.15) is 268 Å². The molecule has 3 radical (unpaired) electrons. The van der Waals surface area contributed by atoms with Crippen LogP contribution in [0.4, 0.5) is 4.39 Å². The normalized spacial score (nSPS) is 12.0. The van der Waals surface area contributed by atoms with E-state index < -0.39 is 6.85 Å². The Balaban J connectivity index is 0.000000702. The molecular formula is C100H133FIr3N3O6-3. The first-order valence-electron chi connectivity index (χ1n) is 42.3. The summed E-state index contributed by atoms with van der Waals surface area (Å²) in [6.07, 6.45) is 19.4. The molecule has 0 aliphatic heterocycles. The number of rotatable bonds is 28. The molecule has 3 aromatic heterocycles. The molecule has 9 aromatic rings. The van der Waals surface area contributed by atoms with Crippen molar-refractivity contribution in [2.45, 2.75) is 261 Å². The van der Waals surface area contributed by atoms with Crippen LogP contribution in [-0.2, 0) is 81.1 Å². The van der Waals surface area contributed by atoms with Gasteiger partial charge in [-0.25, -0.2) is 0 Å². The Bertz CT molecular complexity index is 4460. The molecule has 0 aliphatic carbocycles. The third kappa shape index (κ3) is 32.2. The van der Waals surface area contributed by atoms with Gasteiger partial charge < -0.3 is 25.3 Å². The van der Waals surface area contributed by atoms with Gasteiger partial charge in [-0.2, -0.15) is 0 Å². The molecular weight excluding hydrogens is 1930 g/mol. The Hall–Kier alpha value is -6.94. The van der Waals surface area contributed by atoms with Crippen LogP contribution in [0.5, 0.6) is 0 Å². The van der Waals surface area contributed by atoms with Crippen molar-refractivity contribution in [3.63, 3.8) is 0 Å². The molecule has 6 aromatic carbocycles. The summed E-state index contributed by atoms with van der Waals surface area (Å²) in [5, 5.41) is 35.1. The van der Waals surface area contributed by atoms with E-state index in [1.54, 1.807) is 26.1 Å². The van der Waals surface area contributed by atoms with E-state index in [0.29, 0.717) is 28.9 Å². The number of allylic oxidation sites excluding steroid dienone is 6. The summed E-state index contributed by atoms with van der Waals surface area (Å²) in [6.45, 7) is 44.9. The maximum Gasteiger partial charge on any atom is 0.162 e. The van der Waals surface area contributed by atoms with Crippen molar-refractivity contribution in [2.24, 2.45) is 41.4 Å². The summed E-state index contributed by atoms with van der Waals surface area (Å²) in [7, 11) is 0. The molecule has 0 bridgehead atoms. The van der Waals surface area contributed by atoms with E-state index in [1.807, 2.05) is 133 Å². The van der Waals surface area contributed by atoms with Gasteiger partial charge in [-0.1, -0.05) is 238 Å². The van der Waals surface area contributed by atoms with Gasteiger partial charge in [0.25, 0.3) is 0 Å². The van der Waals surface area contributed by atoms with Gasteiger partial charge >= 0.3 is 0 Å². The smallest absolute Gasteiger partial charge is 0.162 e. The second-order valence-electron chi connectivity index (χ2n) is 30.4. The SMILES string of the molecule is CCC(CC)C(=O)C=C(O)C(CC)CC.CCC(CC)C(=O)C=C(O)C(CC)CC.CCC(CC)C(=O)C=C(O)C(CC)CC.Cc1[c-]c(-c2nccc3ccc(C(C)C)cc23)cc(C)c1.Cc1[c-]c(-c2nccc3ccc(C(C)C)cc23)cc(C)c1F.[2H]C([2H])([2H])c1[c-]c(-c2ccc3c(CC(C)C)cccc3n2)cc(C)c1.[Ir].[Ir].[Ir]. The van der Waals surface area contributed by atoms with Crippen LogP contribution >= 0.6 is 0 Å². The fourth-order valence-electron chi connectivity index (χ4n) is 13.7. The summed E-state index contributed by atoms with van der Waals surface area (Å²) in [5.74, 6) is 3.01. The van der Waals surface area contributed by atoms with Gasteiger partial charge in [0.15, 0.2) is 17.3 Å². The van der Waals surface area contributed by atoms with Crippen LogP contribution < -0.4 is 0 Å². The summed E-state index contributed by atoms with van der Waals surface area (Å²) < 4.78 is 36.8. The molecule has 0 unspecified atom stereocenters. The van der Waals surface area contributed by atoms with Crippen molar-refractivity contribution < 1.29 is 98.5 Å². The Morgan fingerprint density at radius 3 is 1.19 bits per heavy atom. The zero-order valence-corrected chi connectivity index (χ0v) is 79.1. The predicted molar refractivity (Wildman–Crippen MR) is 465 cm³/mol. The molecule has 0 atom stereocenters. The van der Waals surface area contributed by atoms with Crippen LogP contribution in [-0.4, -0.2) is 47.6 Å². The zero-order valence-electron chi connectivity index (χ0n) is 75.0. The fourth-order valence-corrected chi connectivity index (χ4v) is 13.7. The second kappa shape index (κ2) is 53.3. The van der Waals surface area contributed by atoms with E-state index in [2.05, 4.69) is 150 Å². The number of aliphatic hydroxyl groups is 3. The van der Waals surface area contributed by atoms with E-state index in [0.717, 1.165) is 150 Å². The number of carbonyl (C=O) groups excluding carboxylic acids is 3. The number of halogens is 1. The summed E-state index contributed by atoms with van der Waals surface area (Å²) in [4.78, 5) is 49.1. The predicted octanol–water partition coefficient (Wildman–Crippen LogP) is 28.1. The molecule has 13 heteroatoms. The van der Waals surface area contributed by atoms with Gasteiger partial charge in [-0.3, -0.25) is 23.8 Å². The monoisotopic (exact) mass is 2070 g/mol. The number of nitrogens with zero attached hydrogens (tertiary/aromatic N) is 3. The summed E-state index contributed by atoms with van der Waals surface area (Å²) in [6, 6.07) is 46.8. The van der Waals surface area contributed by atoms with Crippen LogP contribution in [0.15, 0.2) is 157 Å². The number of hydrogen-bond acceptors (Lipinski definition) is 9. The van der Waals surface area contributed by atoms with Gasteiger partial charge in [0, 0.05) is 142 Å². The van der Waals surface area contributed by atoms with E-state index >= 15 is 0 Å². The first kappa shape index (κ1) is 98.4. The number of aliphatic hydroxyl groups excluding tert-OH is 3. The molecule has 9 rings (SSSR count). The summed E-state index contributed by atoms with van der Waals surface area (Å²) >= 11 is 0. The van der Waals surface area contributed by atoms with Crippen molar-refractivity contribution >= 4 is 49.8 Å². The molecule has 0 saturated heterocycles. The third-order valence-electron chi connectivity index (χ3n) is 20.9. The number of benzene rings is 6. The minimum absolute atomic E-state index is 0. The van der Waals surface area contributed by atoms with E-state index in [-0.39, 0.29) is 142 Å². The molecule has 0 saturated carbocycles. The third-order valence-corrected chi connectivity index (χ3v) is 20.9. The van der Waals surface area contributed by atoms with Gasteiger partial charge in [-0.05, 0) is 175 Å². The molecule has 0 aliphatic rings. The van der Waals surface area contributed by atoms with E-state index in [9.17, 15) is 34.1 Å². The first-order chi connectivity index (χ1) is 53.5. The molecule has 0 fully saturated rings. The summed E-state index contributed by atoms with van der Waals surface area (Å²) in [5.41, 5.74) is 14.9. The fraction of sp³-hybridized carbons (Fsp3) is 0.460. The van der Waals surface area contributed by atoms with Crippen LogP contribution in [0.25, 0.3) is 66.2 Å². The van der Waals surface area contributed by atoms with Crippen molar-refractivity contribution in [2.75, 3.05) is 0 Å². The average Bonchev–Trinajstić information content (AvgIpc) is 0.788. The van der Waals surface area contributed by atoms with E-state index in [4.69, 9.17) is 9.10 Å². The standard InChI is InChI=1S/C21H22N.C20H19FN.C20H20N.3C13H24O2.3Ir/c1-14(2)10-17-6-5-7-21-19(17)8-9-20(22-21)18-12-15(3)11-16(4)13-18;1-12(2)16-6-5-15-7-8-22-20(18(15)11-16)17-9-13(3)19(21)14(4)10-17;1-13(2)17-6-5-16-7-8-21-20(19(16)12-17)18-10-14(3)9-15(4)11-18;3*1-5-10(6-2)12(14)9-13(15)11(7-3)8-4;;;/h5-9,11-12,14H,10H2,1-4H3;5-9,11-12H,1-4H3;5-10,12-13H,1-4H3;3*9-11,14H,5-8H2,1-4H3;;;/q3*-1;;;;;;/i4D3;;;;;;;;. The quantitative estimate of drug-likeness (QED) is 0.0247. The largest absolute Gasteiger partial charge is 0.512 e. The molecule has 3 heterocycles. The molecule has 3 N–H and O–H groups in total. The Labute approximate surface area is 725 Å². The number of pyridine rings is 3. The van der Waals surface area contributed by atoms with Gasteiger partial charge in [0.2, 0.25) is 0 Å². The van der Waals surface area contributed by atoms with Crippen molar-refractivity contribution in [1.82, 2.24) is 15.0 Å². The van der Waals surface area contributed by atoms with Crippen LogP contribution in [0, 0.1) is 107 Å². The molecule has 0 amide bonds. The molecule has 113 heavy (non-hydrogen) atoms. The number of ketones is 3. The number of fused-ring (bicyclic) bond motifs is 3. The average molecular weight is 2070 g/mol. The second-order valence-corrected chi connectivity index (χ2v) is 30.4. The Kier molecular flexibility index (Phi) is 46.4. The van der Waals surface area contributed by atoms with Crippen LogP contribution in [0.2, 0.25) is 0 Å². The van der Waals surface area contributed by atoms with Gasteiger partial charge in [-0.15, -0.1) is 87.5 Å². The number of aryl methyl sites for hydroxylation is 6. The van der Waals surface area contributed by atoms with Crippen molar-refractivity contribution in [3.05, 3.63) is 231 Å². The molecule has 621 valence electrons. The Morgan fingerprint density at radius 2 is 0.823 bits per heavy atom. The maximum absolute atomic E-state index is 13.9. The number of aromatic nitrogens is 3. The minimum Gasteiger partial charge on any atom is -0.512 e. The zero-order chi connectivity index (χ0) is 84.6. The molecule has 0 spiro atoms. The van der Waals surface area contributed by atoms with Gasteiger partial charge in [0.05, 0.1) is 22.8 Å². The Morgan fingerprint density at radius 1 is 0.442 bits per heavy atom. The van der Waals surface area contributed by atoms with Crippen molar-refractivity contribution in [3.8, 4) is 33.8 Å².